The Labute approximate surface area is 79.4 Å². The van der Waals surface area contributed by atoms with Crippen LogP contribution in [0.4, 0.5) is 0 Å². The van der Waals surface area contributed by atoms with E-state index in [-0.39, 0.29) is 33.6 Å². The SMILES string of the molecule is CC(=O)[O-].CC(=O)[O-].[Fe].[Ni+2]. The van der Waals surface area contributed by atoms with E-state index < -0.39 is 11.9 Å². The van der Waals surface area contributed by atoms with Crippen LogP contribution in [0.1, 0.15) is 13.8 Å². The van der Waals surface area contributed by atoms with Gasteiger partial charge in [-0.3, -0.25) is 0 Å². The van der Waals surface area contributed by atoms with Crippen molar-refractivity contribution in [3.8, 4) is 0 Å². The zero-order chi connectivity index (χ0) is 7.15. The summed E-state index contributed by atoms with van der Waals surface area (Å²) in [6.07, 6.45) is 0. The van der Waals surface area contributed by atoms with E-state index in [4.69, 9.17) is 19.8 Å². The molecule has 0 unspecified atom stereocenters. The Morgan fingerprint density at radius 2 is 1.00 bits per heavy atom. The summed E-state index contributed by atoms with van der Waals surface area (Å²) in [7, 11) is 0. The Kier molecular flexibility index (Phi) is 36.0. The minimum Gasteiger partial charge on any atom is -0.550 e. The summed E-state index contributed by atoms with van der Waals surface area (Å²) in [6.45, 7) is 1.94. The molecule has 0 aliphatic rings. The van der Waals surface area contributed by atoms with Crippen LogP contribution in [-0.4, -0.2) is 11.9 Å². The first kappa shape index (κ1) is 22.5. The van der Waals surface area contributed by atoms with E-state index >= 15 is 0 Å². The molecule has 0 aliphatic heterocycles. The van der Waals surface area contributed by atoms with Crippen molar-refractivity contribution in [3.05, 3.63) is 0 Å². The van der Waals surface area contributed by atoms with E-state index in [0.29, 0.717) is 0 Å². The van der Waals surface area contributed by atoms with Gasteiger partial charge in [0.1, 0.15) is 0 Å². The molecule has 0 radical (unpaired) electrons. The van der Waals surface area contributed by atoms with Gasteiger partial charge in [0.05, 0.1) is 0 Å². The van der Waals surface area contributed by atoms with Crippen molar-refractivity contribution in [1.29, 1.82) is 0 Å². The minimum atomic E-state index is -1.08. The van der Waals surface area contributed by atoms with Crippen LogP contribution >= 0.6 is 0 Å². The maximum Gasteiger partial charge on any atom is 2.00 e. The Hall–Kier alpha value is -0.0470. The molecule has 64 valence electrons. The van der Waals surface area contributed by atoms with Crippen LogP contribution < -0.4 is 10.2 Å². The van der Waals surface area contributed by atoms with E-state index in [2.05, 4.69) is 0 Å². The fourth-order valence-corrected chi connectivity index (χ4v) is 0. The van der Waals surface area contributed by atoms with Gasteiger partial charge in [-0.1, -0.05) is 0 Å². The van der Waals surface area contributed by atoms with Gasteiger partial charge in [0.2, 0.25) is 0 Å². The molecule has 0 saturated heterocycles. The van der Waals surface area contributed by atoms with Crippen LogP contribution in [0.3, 0.4) is 0 Å². The molecule has 0 fully saturated rings. The fraction of sp³-hybridized carbons (Fsp3) is 0.500. The molecule has 4 nitrogen and oxygen atoms in total. The summed E-state index contributed by atoms with van der Waals surface area (Å²) in [5, 5.41) is 17.8. The quantitative estimate of drug-likeness (QED) is 0.433. The Morgan fingerprint density at radius 3 is 1.00 bits per heavy atom. The summed E-state index contributed by atoms with van der Waals surface area (Å²) in [5.74, 6) is -2.17. The molecule has 0 spiro atoms. The van der Waals surface area contributed by atoms with Crippen molar-refractivity contribution in [1.82, 2.24) is 0 Å². The molecule has 0 atom stereocenters. The molecule has 0 bridgehead atoms. The van der Waals surface area contributed by atoms with Gasteiger partial charge < -0.3 is 19.8 Å². The van der Waals surface area contributed by atoms with Crippen molar-refractivity contribution < 1.29 is 53.4 Å². The number of hydrogen-bond donors (Lipinski definition) is 0. The van der Waals surface area contributed by atoms with Crippen molar-refractivity contribution in [3.63, 3.8) is 0 Å². The molecule has 0 aromatic carbocycles. The Morgan fingerprint density at radius 1 is 1.00 bits per heavy atom. The van der Waals surface area contributed by atoms with E-state index in [1.165, 1.54) is 0 Å². The van der Waals surface area contributed by atoms with Gasteiger partial charge in [-0.05, 0) is 13.8 Å². The van der Waals surface area contributed by atoms with Gasteiger partial charge in [0, 0.05) is 29.0 Å². The number of carboxylic acid groups (broad SMARTS) is 2. The fourth-order valence-electron chi connectivity index (χ4n) is 0. The Balaban J connectivity index is -0.0000000300. The van der Waals surface area contributed by atoms with Crippen LogP contribution in [0.25, 0.3) is 0 Å². The summed E-state index contributed by atoms with van der Waals surface area (Å²) in [4.78, 5) is 17.8. The summed E-state index contributed by atoms with van der Waals surface area (Å²) >= 11 is 0. The second-order valence-corrected chi connectivity index (χ2v) is 0.983. The maximum atomic E-state index is 8.89. The first-order valence-electron chi connectivity index (χ1n) is 1.82. The minimum absolute atomic E-state index is 0. The van der Waals surface area contributed by atoms with Crippen molar-refractivity contribution in [2.45, 2.75) is 13.8 Å². The summed E-state index contributed by atoms with van der Waals surface area (Å²) in [5.41, 5.74) is 0. The topological polar surface area (TPSA) is 80.3 Å². The molecule has 0 rings (SSSR count). The third kappa shape index (κ3) is 174000. The first-order valence-corrected chi connectivity index (χ1v) is 1.82. The smallest absolute Gasteiger partial charge is 0.550 e. The third-order valence-corrected chi connectivity index (χ3v) is 0. The molecule has 10 heavy (non-hydrogen) atoms. The molecule has 0 aromatic heterocycles. The van der Waals surface area contributed by atoms with E-state index in [1.54, 1.807) is 0 Å². The van der Waals surface area contributed by atoms with Crippen molar-refractivity contribution >= 4 is 11.9 Å². The molecule has 0 saturated carbocycles. The van der Waals surface area contributed by atoms with Gasteiger partial charge in [-0.15, -0.1) is 0 Å². The number of hydrogen-bond acceptors (Lipinski definition) is 4. The molecular formula is C4H6FeNiO4. The van der Waals surface area contributed by atoms with Crippen LogP contribution in [0.2, 0.25) is 0 Å². The standard InChI is InChI=1S/2C2H4O2.Fe.Ni/c2*1-2(3)4;;/h2*1H3,(H,3,4);;/q;;;+2/p-2. The monoisotopic (exact) mass is 232 g/mol. The molecule has 0 N–H and O–H groups in total. The second-order valence-electron chi connectivity index (χ2n) is 0.983. The van der Waals surface area contributed by atoms with E-state index in [1.807, 2.05) is 0 Å². The first-order chi connectivity index (χ1) is 3.46. The zero-order valence-electron chi connectivity index (χ0n) is 5.30. The van der Waals surface area contributed by atoms with Gasteiger partial charge >= 0.3 is 16.5 Å². The third-order valence-electron chi connectivity index (χ3n) is 0. The molecule has 0 aromatic rings. The van der Waals surface area contributed by atoms with Gasteiger partial charge in [0.15, 0.2) is 0 Å². The maximum absolute atomic E-state index is 8.89. The molecular weight excluding hydrogens is 227 g/mol. The number of rotatable bonds is 0. The number of carbonyl (C=O) groups excluding carboxylic acids is 2. The van der Waals surface area contributed by atoms with E-state index in [9.17, 15) is 0 Å². The van der Waals surface area contributed by atoms with Crippen molar-refractivity contribution in [2.24, 2.45) is 0 Å². The zero-order valence-corrected chi connectivity index (χ0v) is 7.39. The second kappa shape index (κ2) is 16.0. The molecule has 0 amide bonds. The molecule has 0 aliphatic carbocycles. The molecule has 0 heterocycles. The number of aliphatic carboxylic acids is 2. The van der Waals surface area contributed by atoms with E-state index in [0.717, 1.165) is 13.8 Å². The van der Waals surface area contributed by atoms with Crippen LogP contribution in [-0.2, 0) is 43.1 Å². The van der Waals surface area contributed by atoms with Crippen LogP contribution in [0, 0.1) is 0 Å². The summed E-state index contributed by atoms with van der Waals surface area (Å²) < 4.78 is 0. The normalized spacial score (nSPS) is 5.00. The van der Waals surface area contributed by atoms with Crippen LogP contribution in [0.15, 0.2) is 0 Å². The van der Waals surface area contributed by atoms with Crippen molar-refractivity contribution in [2.75, 3.05) is 0 Å². The van der Waals surface area contributed by atoms with Crippen LogP contribution in [0.5, 0.6) is 0 Å². The summed E-state index contributed by atoms with van der Waals surface area (Å²) in [6, 6.07) is 0. The molecule has 6 heteroatoms. The van der Waals surface area contributed by atoms with Gasteiger partial charge in [-0.2, -0.15) is 0 Å². The predicted octanol–water partition coefficient (Wildman–Crippen LogP) is -2.49. The average molecular weight is 233 g/mol. The predicted molar refractivity (Wildman–Crippen MR) is 21.4 cm³/mol. The number of carbonyl (C=O) groups is 2. The average Bonchev–Trinajstić information content (AvgIpc) is 1.25. The largest absolute Gasteiger partial charge is 2.00 e. The number of carboxylic acids is 2. The van der Waals surface area contributed by atoms with Gasteiger partial charge in [0.25, 0.3) is 0 Å². The van der Waals surface area contributed by atoms with Gasteiger partial charge in [-0.25, -0.2) is 0 Å². The Bertz CT molecular complexity index is 75.3.